The highest BCUT2D eigenvalue weighted by Crippen LogP contribution is 2.13. The van der Waals surface area contributed by atoms with Gasteiger partial charge in [-0.1, -0.05) is 0 Å². The fraction of sp³-hybridized carbons (Fsp3) is 0.400. The number of benzene rings is 1. The minimum Gasteiger partial charge on any atom is -0.383 e. The molecule has 0 amide bonds. The van der Waals surface area contributed by atoms with Crippen LogP contribution in [0.5, 0.6) is 0 Å². The first kappa shape index (κ1) is 14.0. The van der Waals surface area contributed by atoms with Gasteiger partial charge in [0.25, 0.3) is 0 Å². The molecule has 17 heavy (non-hydrogen) atoms. The monoisotopic (exact) mass is 265 g/mol. The van der Waals surface area contributed by atoms with E-state index in [4.69, 9.17) is 4.74 Å². The summed E-state index contributed by atoms with van der Waals surface area (Å²) in [4.78, 5) is -0.446. The zero-order valence-electron chi connectivity index (χ0n) is 9.41. The second-order valence-corrected chi connectivity index (χ2v) is 5.30. The molecule has 0 saturated carbocycles. The van der Waals surface area contributed by atoms with Crippen molar-refractivity contribution in [2.75, 3.05) is 13.7 Å². The van der Waals surface area contributed by atoms with E-state index in [0.29, 0.717) is 6.07 Å². The van der Waals surface area contributed by atoms with Crippen molar-refractivity contribution in [1.29, 1.82) is 0 Å². The molecular formula is C10H13F2NO3S. The van der Waals surface area contributed by atoms with Crippen LogP contribution in [0.3, 0.4) is 0 Å². The maximum atomic E-state index is 12.9. The number of rotatable bonds is 5. The van der Waals surface area contributed by atoms with E-state index >= 15 is 0 Å². The Hall–Kier alpha value is -1.05. The summed E-state index contributed by atoms with van der Waals surface area (Å²) in [6, 6.07) is 1.63. The van der Waals surface area contributed by atoms with Crippen LogP contribution >= 0.6 is 0 Å². The lowest BCUT2D eigenvalue weighted by molar-refractivity contribution is 0.180. The fourth-order valence-electron chi connectivity index (χ4n) is 1.30. The van der Waals surface area contributed by atoms with Gasteiger partial charge in [0, 0.05) is 19.2 Å². The molecule has 0 spiro atoms. The molecule has 0 aliphatic carbocycles. The lowest BCUT2D eigenvalue weighted by atomic mass is 10.3. The first-order valence-electron chi connectivity index (χ1n) is 4.82. The first-order chi connectivity index (χ1) is 7.85. The van der Waals surface area contributed by atoms with Crippen LogP contribution in [0.15, 0.2) is 23.1 Å². The molecule has 1 atom stereocenters. The Morgan fingerprint density at radius 1 is 1.29 bits per heavy atom. The Morgan fingerprint density at radius 3 is 2.29 bits per heavy atom. The van der Waals surface area contributed by atoms with E-state index < -0.39 is 32.6 Å². The van der Waals surface area contributed by atoms with Gasteiger partial charge < -0.3 is 4.74 Å². The molecule has 0 heterocycles. The van der Waals surface area contributed by atoms with E-state index in [9.17, 15) is 17.2 Å². The molecule has 0 radical (unpaired) electrons. The first-order valence-corrected chi connectivity index (χ1v) is 6.31. The molecule has 1 aromatic carbocycles. The number of halogens is 2. The SMILES string of the molecule is COC[C@H](C)NS(=O)(=O)c1cc(F)cc(F)c1. The van der Waals surface area contributed by atoms with Gasteiger partial charge in [-0.2, -0.15) is 0 Å². The molecule has 0 aliphatic rings. The second-order valence-electron chi connectivity index (χ2n) is 3.58. The van der Waals surface area contributed by atoms with Crippen molar-refractivity contribution in [2.45, 2.75) is 17.9 Å². The number of methoxy groups -OCH3 is 1. The van der Waals surface area contributed by atoms with Crippen molar-refractivity contribution in [3.63, 3.8) is 0 Å². The van der Waals surface area contributed by atoms with Crippen LogP contribution in [0.25, 0.3) is 0 Å². The molecule has 4 nitrogen and oxygen atoms in total. The third-order valence-electron chi connectivity index (χ3n) is 1.92. The maximum absolute atomic E-state index is 12.9. The molecule has 1 rings (SSSR count). The molecule has 0 fully saturated rings. The maximum Gasteiger partial charge on any atom is 0.241 e. The summed E-state index contributed by atoms with van der Waals surface area (Å²) in [5.41, 5.74) is 0. The summed E-state index contributed by atoms with van der Waals surface area (Å²) in [5.74, 6) is -1.88. The van der Waals surface area contributed by atoms with Crippen LogP contribution in [-0.4, -0.2) is 28.2 Å². The quantitative estimate of drug-likeness (QED) is 0.872. The molecule has 96 valence electrons. The molecule has 0 bridgehead atoms. The topological polar surface area (TPSA) is 55.4 Å². The minimum atomic E-state index is -3.94. The highest BCUT2D eigenvalue weighted by atomic mass is 32.2. The highest BCUT2D eigenvalue weighted by Gasteiger charge is 2.18. The largest absolute Gasteiger partial charge is 0.383 e. The van der Waals surface area contributed by atoms with Crippen molar-refractivity contribution in [3.05, 3.63) is 29.8 Å². The van der Waals surface area contributed by atoms with E-state index in [1.807, 2.05) is 0 Å². The van der Waals surface area contributed by atoms with E-state index in [2.05, 4.69) is 4.72 Å². The summed E-state index contributed by atoms with van der Waals surface area (Å²) in [6.45, 7) is 1.74. The Morgan fingerprint density at radius 2 is 1.82 bits per heavy atom. The van der Waals surface area contributed by atoms with Crippen molar-refractivity contribution in [2.24, 2.45) is 0 Å². The number of sulfonamides is 1. The zero-order valence-corrected chi connectivity index (χ0v) is 10.2. The predicted molar refractivity (Wildman–Crippen MR) is 58.0 cm³/mol. The van der Waals surface area contributed by atoms with Crippen LogP contribution in [0.2, 0.25) is 0 Å². The van der Waals surface area contributed by atoms with Gasteiger partial charge in [-0.3, -0.25) is 0 Å². The van der Waals surface area contributed by atoms with Gasteiger partial charge >= 0.3 is 0 Å². The molecule has 0 aliphatic heterocycles. The van der Waals surface area contributed by atoms with Gasteiger partial charge in [-0.25, -0.2) is 21.9 Å². The number of ether oxygens (including phenoxy) is 1. The predicted octanol–water partition coefficient (Wildman–Crippen LogP) is 1.28. The molecule has 0 unspecified atom stereocenters. The van der Waals surface area contributed by atoms with Gasteiger partial charge in [-0.05, 0) is 19.1 Å². The van der Waals surface area contributed by atoms with Gasteiger partial charge in [0.15, 0.2) is 0 Å². The Kier molecular flexibility index (Phi) is 4.55. The fourth-order valence-corrected chi connectivity index (χ4v) is 2.57. The second kappa shape index (κ2) is 5.52. The highest BCUT2D eigenvalue weighted by molar-refractivity contribution is 7.89. The normalized spacial score (nSPS) is 13.6. The smallest absolute Gasteiger partial charge is 0.241 e. The number of nitrogens with one attached hydrogen (secondary N) is 1. The average Bonchev–Trinajstić information content (AvgIpc) is 2.15. The van der Waals surface area contributed by atoms with Crippen LogP contribution in [-0.2, 0) is 14.8 Å². The van der Waals surface area contributed by atoms with Crippen molar-refractivity contribution in [3.8, 4) is 0 Å². The molecule has 1 N–H and O–H groups in total. The van der Waals surface area contributed by atoms with Crippen molar-refractivity contribution >= 4 is 10.0 Å². The molecule has 1 aromatic rings. The summed E-state index contributed by atoms with van der Waals surface area (Å²) < 4.78 is 56.2. The molecule has 0 aromatic heterocycles. The van der Waals surface area contributed by atoms with Gasteiger partial charge in [-0.15, -0.1) is 0 Å². The van der Waals surface area contributed by atoms with Crippen LogP contribution in [0.4, 0.5) is 8.78 Å². The lowest BCUT2D eigenvalue weighted by Crippen LogP contribution is -2.35. The number of hydrogen-bond acceptors (Lipinski definition) is 3. The van der Waals surface area contributed by atoms with E-state index in [1.54, 1.807) is 6.92 Å². The zero-order chi connectivity index (χ0) is 13.1. The molecule has 7 heteroatoms. The standard InChI is InChI=1S/C10H13F2NO3S/c1-7(6-16-2)13-17(14,15)10-4-8(11)3-9(12)5-10/h3-5,7,13H,6H2,1-2H3/t7-/m0/s1. The number of hydrogen-bond donors (Lipinski definition) is 1. The van der Waals surface area contributed by atoms with Gasteiger partial charge in [0.2, 0.25) is 10.0 Å². The summed E-state index contributed by atoms with van der Waals surface area (Å²) >= 11 is 0. The van der Waals surface area contributed by atoms with Crippen LogP contribution < -0.4 is 4.72 Å². The Balaban J connectivity index is 2.97. The van der Waals surface area contributed by atoms with Gasteiger partial charge in [0.05, 0.1) is 11.5 Å². The summed E-state index contributed by atoms with van der Waals surface area (Å²) in [6.07, 6.45) is 0. The van der Waals surface area contributed by atoms with Crippen LogP contribution in [0, 0.1) is 11.6 Å². The van der Waals surface area contributed by atoms with E-state index in [1.165, 1.54) is 7.11 Å². The van der Waals surface area contributed by atoms with Crippen LogP contribution in [0.1, 0.15) is 6.92 Å². The average molecular weight is 265 g/mol. The Labute approximate surface area is 98.6 Å². The Bertz CT molecular complexity index is 470. The van der Waals surface area contributed by atoms with E-state index in [0.717, 1.165) is 12.1 Å². The molecular weight excluding hydrogens is 252 g/mol. The third-order valence-corrected chi connectivity index (χ3v) is 3.49. The van der Waals surface area contributed by atoms with Crippen molar-refractivity contribution in [1.82, 2.24) is 4.72 Å². The summed E-state index contributed by atoms with van der Waals surface area (Å²) in [5, 5.41) is 0. The van der Waals surface area contributed by atoms with Gasteiger partial charge in [0.1, 0.15) is 11.6 Å². The summed E-state index contributed by atoms with van der Waals surface area (Å²) in [7, 11) is -2.51. The van der Waals surface area contributed by atoms with E-state index in [-0.39, 0.29) is 6.61 Å². The lowest BCUT2D eigenvalue weighted by Gasteiger charge is -2.13. The molecule has 0 saturated heterocycles. The third kappa shape index (κ3) is 4.03. The minimum absolute atomic E-state index is 0.164. The van der Waals surface area contributed by atoms with Crippen molar-refractivity contribution < 1.29 is 21.9 Å².